The van der Waals surface area contributed by atoms with Gasteiger partial charge in [-0.2, -0.15) is 0 Å². The van der Waals surface area contributed by atoms with Crippen LogP contribution >= 0.6 is 11.3 Å². The number of nitrogens with one attached hydrogen (secondary N) is 1. The Balaban J connectivity index is 1.49. The molecule has 10 heteroatoms. The van der Waals surface area contributed by atoms with Crippen LogP contribution in [0.4, 0.5) is 10.6 Å². The first kappa shape index (κ1) is 20.5. The molecular formula is C20H25N5O4S. The summed E-state index contributed by atoms with van der Waals surface area (Å²) in [6.07, 6.45) is 4.93. The summed E-state index contributed by atoms with van der Waals surface area (Å²) >= 11 is 1.72. The predicted octanol–water partition coefficient (Wildman–Crippen LogP) is 1.92. The number of methoxy groups -OCH3 is 1. The van der Waals surface area contributed by atoms with Crippen molar-refractivity contribution in [3.05, 3.63) is 28.9 Å². The van der Waals surface area contributed by atoms with E-state index in [4.69, 9.17) is 10.5 Å². The van der Waals surface area contributed by atoms with Gasteiger partial charge < -0.3 is 25.4 Å². The molecule has 30 heavy (non-hydrogen) atoms. The molecule has 0 bridgehead atoms. The summed E-state index contributed by atoms with van der Waals surface area (Å²) < 4.78 is 10.9. The zero-order chi connectivity index (χ0) is 21.3. The fourth-order valence-corrected chi connectivity index (χ4v) is 5.27. The molecule has 2 aliphatic rings. The van der Waals surface area contributed by atoms with Crippen LogP contribution < -0.4 is 11.1 Å². The van der Waals surface area contributed by atoms with Gasteiger partial charge in [-0.3, -0.25) is 4.79 Å². The molecular weight excluding hydrogens is 406 g/mol. The normalized spacial score (nSPS) is 18.5. The molecule has 2 aromatic rings. The number of ether oxygens (including phenoxy) is 2. The van der Waals surface area contributed by atoms with Gasteiger partial charge in [0, 0.05) is 24.4 Å². The van der Waals surface area contributed by atoms with E-state index in [2.05, 4.69) is 26.1 Å². The second-order valence-electron chi connectivity index (χ2n) is 7.55. The smallest absolute Gasteiger partial charge is 0.407 e. The summed E-state index contributed by atoms with van der Waals surface area (Å²) in [5.74, 6) is 0.280. The van der Waals surface area contributed by atoms with Gasteiger partial charge in [-0.25, -0.2) is 14.8 Å². The highest BCUT2D eigenvalue weighted by atomic mass is 32.1. The SMILES string of the molecule is COC(=O)NC(C)C(=O)N1CCC2(CC1)OCCc1sc(-c3cnc(N)cn3)cc12. The van der Waals surface area contributed by atoms with Crippen molar-refractivity contribution in [2.75, 3.05) is 32.5 Å². The van der Waals surface area contributed by atoms with Crippen molar-refractivity contribution < 1.29 is 19.1 Å². The Bertz CT molecular complexity index is 937. The number of aromatic nitrogens is 2. The number of hydrogen-bond donors (Lipinski definition) is 2. The summed E-state index contributed by atoms with van der Waals surface area (Å²) in [6.45, 7) is 3.46. The van der Waals surface area contributed by atoms with Crippen LogP contribution in [0.3, 0.4) is 0 Å². The number of amides is 2. The molecule has 2 aliphatic heterocycles. The number of nitrogens with zero attached hydrogens (tertiary/aromatic N) is 3. The van der Waals surface area contributed by atoms with E-state index in [9.17, 15) is 9.59 Å². The van der Waals surface area contributed by atoms with E-state index in [1.165, 1.54) is 17.6 Å². The van der Waals surface area contributed by atoms with Gasteiger partial charge >= 0.3 is 6.09 Å². The van der Waals surface area contributed by atoms with Gasteiger partial charge in [-0.05, 0) is 31.4 Å². The molecule has 0 saturated carbocycles. The average molecular weight is 432 g/mol. The van der Waals surface area contributed by atoms with Gasteiger partial charge in [0.1, 0.15) is 11.9 Å². The molecule has 4 rings (SSSR count). The Morgan fingerprint density at radius 1 is 1.33 bits per heavy atom. The van der Waals surface area contributed by atoms with Crippen molar-refractivity contribution in [2.24, 2.45) is 0 Å². The van der Waals surface area contributed by atoms with Crippen molar-refractivity contribution in [3.8, 4) is 10.6 Å². The Labute approximate surface area is 178 Å². The Morgan fingerprint density at radius 2 is 2.10 bits per heavy atom. The van der Waals surface area contributed by atoms with Crippen LogP contribution in [0, 0.1) is 0 Å². The fourth-order valence-electron chi connectivity index (χ4n) is 4.08. The average Bonchev–Trinajstić information content (AvgIpc) is 3.20. The summed E-state index contributed by atoms with van der Waals surface area (Å²) in [6, 6.07) is 1.52. The van der Waals surface area contributed by atoms with E-state index < -0.39 is 12.1 Å². The number of nitrogens with two attached hydrogens (primary N) is 1. The molecule has 1 fully saturated rings. The van der Waals surface area contributed by atoms with E-state index in [1.54, 1.807) is 35.6 Å². The van der Waals surface area contributed by atoms with E-state index in [0.717, 1.165) is 17.0 Å². The van der Waals surface area contributed by atoms with Crippen LogP contribution in [-0.2, 0) is 26.3 Å². The highest BCUT2D eigenvalue weighted by Gasteiger charge is 2.43. The molecule has 0 aromatic carbocycles. The lowest BCUT2D eigenvalue weighted by molar-refractivity contribution is -0.142. The molecule has 9 nitrogen and oxygen atoms in total. The predicted molar refractivity (Wildman–Crippen MR) is 112 cm³/mol. The maximum Gasteiger partial charge on any atom is 0.407 e. The van der Waals surface area contributed by atoms with Crippen molar-refractivity contribution in [1.82, 2.24) is 20.2 Å². The minimum absolute atomic E-state index is 0.116. The van der Waals surface area contributed by atoms with E-state index >= 15 is 0 Å². The number of piperidine rings is 1. The van der Waals surface area contributed by atoms with Crippen LogP contribution in [-0.4, -0.2) is 59.7 Å². The summed E-state index contributed by atoms with van der Waals surface area (Å²) in [5, 5.41) is 2.54. The third-order valence-electron chi connectivity index (χ3n) is 5.70. The molecule has 1 saturated heterocycles. The lowest BCUT2D eigenvalue weighted by Crippen LogP contribution is -2.53. The molecule has 3 N–H and O–H groups in total. The van der Waals surface area contributed by atoms with Crippen LogP contribution in [0.5, 0.6) is 0 Å². The zero-order valence-electron chi connectivity index (χ0n) is 17.0. The second-order valence-corrected chi connectivity index (χ2v) is 8.69. The maximum absolute atomic E-state index is 12.7. The number of hydrogen-bond acceptors (Lipinski definition) is 8. The van der Waals surface area contributed by atoms with Crippen molar-refractivity contribution in [1.29, 1.82) is 0 Å². The molecule has 1 atom stereocenters. The maximum atomic E-state index is 12.7. The van der Waals surface area contributed by atoms with Gasteiger partial charge in [0.2, 0.25) is 5.91 Å². The van der Waals surface area contributed by atoms with Crippen molar-refractivity contribution in [3.63, 3.8) is 0 Å². The van der Waals surface area contributed by atoms with Gasteiger partial charge in [0.25, 0.3) is 0 Å². The number of carbonyl (C=O) groups excluding carboxylic acids is 2. The molecule has 4 heterocycles. The first-order valence-corrected chi connectivity index (χ1v) is 10.7. The minimum atomic E-state index is -0.633. The summed E-state index contributed by atoms with van der Waals surface area (Å²) in [7, 11) is 1.28. The number of anilines is 1. The van der Waals surface area contributed by atoms with Gasteiger partial charge in [0.05, 0.1) is 42.3 Å². The van der Waals surface area contributed by atoms with Crippen LogP contribution in [0.25, 0.3) is 10.6 Å². The number of thiophene rings is 1. The molecule has 1 unspecified atom stereocenters. The Hall–Kier alpha value is -2.72. The monoisotopic (exact) mass is 431 g/mol. The number of likely N-dealkylation sites (tertiary alicyclic amines) is 1. The van der Waals surface area contributed by atoms with Gasteiger partial charge in [-0.15, -0.1) is 11.3 Å². The molecule has 2 amide bonds. The lowest BCUT2D eigenvalue weighted by Gasteiger charge is -2.44. The summed E-state index contributed by atoms with van der Waals surface area (Å²) in [5.41, 5.74) is 7.26. The molecule has 0 radical (unpaired) electrons. The van der Waals surface area contributed by atoms with E-state index in [0.29, 0.717) is 38.4 Å². The first-order chi connectivity index (χ1) is 14.4. The second kappa shape index (κ2) is 8.19. The van der Waals surface area contributed by atoms with Gasteiger partial charge in [0.15, 0.2) is 0 Å². The minimum Gasteiger partial charge on any atom is -0.453 e. The molecule has 160 valence electrons. The standard InChI is InChI=1S/C20H25N5O4S/c1-12(24-19(27)28-2)18(26)25-6-4-20(5-7-25)13-9-16(30-15(13)3-8-29-20)14-10-23-17(21)11-22-14/h9-12H,3-8H2,1-2H3,(H2,21,23)(H,24,27). The van der Waals surface area contributed by atoms with E-state index in [1.807, 2.05) is 0 Å². The first-order valence-electron chi connectivity index (χ1n) is 9.90. The Morgan fingerprint density at radius 3 is 2.77 bits per heavy atom. The fraction of sp³-hybridized carbons (Fsp3) is 0.500. The highest BCUT2D eigenvalue weighted by Crippen LogP contribution is 2.46. The number of alkyl carbamates (subject to hydrolysis) is 1. The highest BCUT2D eigenvalue weighted by molar-refractivity contribution is 7.15. The lowest BCUT2D eigenvalue weighted by atomic mass is 9.82. The van der Waals surface area contributed by atoms with E-state index in [-0.39, 0.29) is 11.5 Å². The van der Waals surface area contributed by atoms with Crippen LogP contribution in [0.1, 0.15) is 30.2 Å². The Kier molecular flexibility index (Phi) is 5.61. The van der Waals surface area contributed by atoms with Crippen molar-refractivity contribution >= 4 is 29.2 Å². The third-order valence-corrected chi connectivity index (χ3v) is 6.92. The number of rotatable bonds is 3. The van der Waals surface area contributed by atoms with Crippen LogP contribution in [0.2, 0.25) is 0 Å². The third kappa shape index (κ3) is 3.84. The van der Waals surface area contributed by atoms with Crippen LogP contribution in [0.15, 0.2) is 18.5 Å². The number of fused-ring (bicyclic) bond motifs is 2. The topological polar surface area (TPSA) is 120 Å². The molecule has 0 aliphatic carbocycles. The van der Waals surface area contributed by atoms with Crippen molar-refractivity contribution in [2.45, 2.75) is 37.8 Å². The zero-order valence-corrected chi connectivity index (χ0v) is 17.8. The quantitative estimate of drug-likeness (QED) is 0.762. The largest absolute Gasteiger partial charge is 0.453 e. The number of carbonyl (C=O) groups is 2. The van der Waals surface area contributed by atoms with Gasteiger partial charge in [-0.1, -0.05) is 0 Å². The molecule has 1 spiro atoms. The number of nitrogen functional groups attached to an aromatic ring is 1. The molecule has 2 aromatic heterocycles. The summed E-state index contributed by atoms with van der Waals surface area (Å²) in [4.78, 5) is 36.7.